The fraction of sp³-hybridized carbons (Fsp3) is 0.458. The average Bonchev–Trinajstić information content (AvgIpc) is 2.84. The van der Waals surface area contributed by atoms with Crippen LogP contribution in [0.4, 0.5) is 0 Å². The lowest BCUT2D eigenvalue weighted by molar-refractivity contribution is -0.0265. The second-order valence-electron chi connectivity index (χ2n) is 7.44. The van der Waals surface area contributed by atoms with E-state index in [1.165, 1.54) is 5.56 Å². The molecule has 1 heterocycles. The van der Waals surface area contributed by atoms with Gasteiger partial charge in [0.1, 0.15) is 0 Å². The smallest absolute Gasteiger partial charge is 0.203 e. The number of guanidine groups is 1. The molecule has 0 bridgehead atoms. The summed E-state index contributed by atoms with van der Waals surface area (Å²) in [5, 5.41) is 6.83. The molecule has 0 aromatic heterocycles. The monoisotopic (exact) mass is 427 g/mol. The van der Waals surface area contributed by atoms with Crippen molar-refractivity contribution >= 4 is 5.96 Å². The molecular formula is C24H33N3O4. The van der Waals surface area contributed by atoms with Crippen molar-refractivity contribution in [2.75, 3.05) is 41.5 Å². The Morgan fingerprint density at radius 2 is 1.74 bits per heavy atom. The molecule has 0 amide bonds. The second-order valence-corrected chi connectivity index (χ2v) is 7.44. The summed E-state index contributed by atoms with van der Waals surface area (Å²) < 4.78 is 22.4. The van der Waals surface area contributed by atoms with Crippen LogP contribution in [0.25, 0.3) is 0 Å². The molecule has 1 aliphatic heterocycles. The number of nitrogens with one attached hydrogen (secondary N) is 2. The molecule has 1 aliphatic rings. The minimum atomic E-state index is 0.107. The van der Waals surface area contributed by atoms with Gasteiger partial charge in [0.25, 0.3) is 0 Å². The van der Waals surface area contributed by atoms with Gasteiger partial charge >= 0.3 is 0 Å². The molecule has 0 aliphatic carbocycles. The zero-order valence-corrected chi connectivity index (χ0v) is 18.8. The Morgan fingerprint density at radius 1 is 1.03 bits per heavy atom. The van der Waals surface area contributed by atoms with Crippen molar-refractivity contribution < 1.29 is 18.9 Å². The molecule has 1 saturated heterocycles. The summed E-state index contributed by atoms with van der Waals surface area (Å²) in [6.45, 7) is 2.17. The molecule has 2 aromatic carbocycles. The van der Waals surface area contributed by atoms with Gasteiger partial charge < -0.3 is 29.6 Å². The largest absolute Gasteiger partial charge is 0.493 e. The van der Waals surface area contributed by atoms with Gasteiger partial charge in [0.15, 0.2) is 17.5 Å². The van der Waals surface area contributed by atoms with E-state index in [0.717, 1.165) is 37.5 Å². The number of rotatable bonds is 8. The quantitative estimate of drug-likeness (QED) is 0.496. The fourth-order valence-electron chi connectivity index (χ4n) is 3.94. The molecule has 3 rings (SSSR count). The number of benzene rings is 2. The van der Waals surface area contributed by atoms with Gasteiger partial charge in [0, 0.05) is 32.7 Å². The predicted molar refractivity (Wildman–Crippen MR) is 122 cm³/mol. The predicted octanol–water partition coefficient (Wildman–Crippen LogP) is 3.55. The molecule has 7 heteroatoms. The summed E-state index contributed by atoms with van der Waals surface area (Å²) in [7, 11) is 6.60. The molecular weight excluding hydrogens is 394 g/mol. The lowest BCUT2D eigenvalue weighted by Gasteiger charge is -2.32. The Labute approximate surface area is 184 Å². The van der Waals surface area contributed by atoms with Crippen LogP contribution in [0, 0.1) is 5.92 Å². The highest BCUT2D eigenvalue weighted by Gasteiger charge is 2.27. The zero-order valence-electron chi connectivity index (χ0n) is 18.8. The van der Waals surface area contributed by atoms with Gasteiger partial charge in [0.05, 0.1) is 27.4 Å². The summed E-state index contributed by atoms with van der Waals surface area (Å²) >= 11 is 0. The summed E-state index contributed by atoms with van der Waals surface area (Å²) in [5.41, 5.74) is 2.23. The zero-order chi connectivity index (χ0) is 22.1. The Morgan fingerprint density at radius 3 is 2.35 bits per heavy atom. The van der Waals surface area contributed by atoms with Crippen molar-refractivity contribution in [1.82, 2.24) is 10.6 Å². The van der Waals surface area contributed by atoms with E-state index in [2.05, 4.69) is 39.9 Å². The second kappa shape index (κ2) is 11.5. The molecule has 0 radical (unpaired) electrons. The number of aliphatic imine (C=N–C) groups is 1. The van der Waals surface area contributed by atoms with Gasteiger partial charge in [-0.3, -0.25) is 4.99 Å². The number of hydrogen-bond acceptors (Lipinski definition) is 5. The van der Waals surface area contributed by atoms with E-state index in [0.29, 0.717) is 29.7 Å². The Hall–Kier alpha value is -2.93. The topological polar surface area (TPSA) is 73.3 Å². The molecule has 31 heavy (non-hydrogen) atoms. The number of ether oxygens (including phenoxy) is 4. The Bertz CT molecular complexity index is 832. The van der Waals surface area contributed by atoms with E-state index in [1.54, 1.807) is 28.4 Å². The van der Waals surface area contributed by atoms with Crippen LogP contribution in [0.3, 0.4) is 0 Å². The summed E-state index contributed by atoms with van der Waals surface area (Å²) in [6.07, 6.45) is 2.31. The first-order chi connectivity index (χ1) is 15.2. The summed E-state index contributed by atoms with van der Waals surface area (Å²) in [4.78, 5) is 4.37. The van der Waals surface area contributed by atoms with Crippen LogP contribution in [-0.4, -0.2) is 47.5 Å². The first-order valence-corrected chi connectivity index (χ1v) is 10.6. The molecule has 2 unspecified atom stereocenters. The van der Waals surface area contributed by atoms with Crippen LogP contribution in [0.2, 0.25) is 0 Å². The lowest BCUT2D eigenvalue weighted by atomic mass is 9.89. The van der Waals surface area contributed by atoms with Gasteiger partial charge in [-0.05, 0) is 36.1 Å². The summed E-state index contributed by atoms with van der Waals surface area (Å²) in [5.74, 6) is 2.97. The van der Waals surface area contributed by atoms with Crippen LogP contribution < -0.4 is 24.8 Å². The highest BCUT2D eigenvalue weighted by molar-refractivity contribution is 5.79. The van der Waals surface area contributed by atoms with Gasteiger partial charge in [-0.1, -0.05) is 30.3 Å². The molecule has 0 spiro atoms. The third kappa shape index (κ3) is 5.82. The van der Waals surface area contributed by atoms with Gasteiger partial charge in [0.2, 0.25) is 5.75 Å². The minimum absolute atomic E-state index is 0.107. The first-order valence-electron chi connectivity index (χ1n) is 10.6. The van der Waals surface area contributed by atoms with Crippen molar-refractivity contribution in [2.45, 2.75) is 25.5 Å². The first kappa shape index (κ1) is 22.7. The third-order valence-corrected chi connectivity index (χ3v) is 5.51. The van der Waals surface area contributed by atoms with Crippen LogP contribution in [0.15, 0.2) is 47.5 Å². The van der Waals surface area contributed by atoms with Crippen molar-refractivity contribution in [3.8, 4) is 17.2 Å². The fourth-order valence-corrected chi connectivity index (χ4v) is 3.94. The van der Waals surface area contributed by atoms with Crippen molar-refractivity contribution in [1.29, 1.82) is 0 Å². The van der Waals surface area contributed by atoms with Gasteiger partial charge in [-0.2, -0.15) is 0 Å². The molecule has 0 saturated carbocycles. The maximum Gasteiger partial charge on any atom is 0.203 e. The van der Waals surface area contributed by atoms with Gasteiger partial charge in [-0.25, -0.2) is 0 Å². The van der Waals surface area contributed by atoms with Crippen LogP contribution >= 0.6 is 0 Å². The number of methoxy groups -OCH3 is 3. The van der Waals surface area contributed by atoms with Crippen molar-refractivity contribution in [3.63, 3.8) is 0 Å². The van der Waals surface area contributed by atoms with E-state index in [1.807, 2.05) is 18.2 Å². The SMILES string of the molecule is CN=C(NCc1cc(OC)c(OC)c(OC)c1)NCC1CCCOC1c1ccccc1. The van der Waals surface area contributed by atoms with Crippen LogP contribution in [0.5, 0.6) is 17.2 Å². The highest BCUT2D eigenvalue weighted by atomic mass is 16.5. The maximum atomic E-state index is 6.10. The minimum Gasteiger partial charge on any atom is -0.493 e. The van der Waals surface area contributed by atoms with Crippen LogP contribution in [-0.2, 0) is 11.3 Å². The van der Waals surface area contributed by atoms with Gasteiger partial charge in [-0.15, -0.1) is 0 Å². The normalized spacial score (nSPS) is 18.9. The number of nitrogens with zero attached hydrogens (tertiary/aromatic N) is 1. The molecule has 2 atom stereocenters. The molecule has 1 fully saturated rings. The van der Waals surface area contributed by atoms with E-state index >= 15 is 0 Å². The van der Waals surface area contributed by atoms with Crippen molar-refractivity contribution in [3.05, 3.63) is 53.6 Å². The molecule has 7 nitrogen and oxygen atoms in total. The third-order valence-electron chi connectivity index (χ3n) is 5.51. The van der Waals surface area contributed by atoms with E-state index < -0.39 is 0 Å². The van der Waals surface area contributed by atoms with E-state index in [9.17, 15) is 0 Å². The molecule has 168 valence electrons. The maximum absolute atomic E-state index is 6.10. The lowest BCUT2D eigenvalue weighted by Crippen LogP contribution is -2.41. The Balaban J connectivity index is 1.61. The summed E-state index contributed by atoms with van der Waals surface area (Å²) in [6, 6.07) is 14.3. The van der Waals surface area contributed by atoms with Crippen LogP contribution in [0.1, 0.15) is 30.1 Å². The average molecular weight is 428 g/mol. The highest BCUT2D eigenvalue weighted by Crippen LogP contribution is 2.38. The number of hydrogen-bond donors (Lipinski definition) is 2. The standard InChI is InChI=1S/C24H33N3O4/c1-25-24(26-15-17-13-20(28-2)23(30-4)21(14-17)29-3)27-16-19-11-8-12-31-22(19)18-9-6-5-7-10-18/h5-7,9-10,13-14,19,22H,8,11-12,15-16H2,1-4H3,(H2,25,26,27). The van der Waals surface area contributed by atoms with E-state index in [4.69, 9.17) is 18.9 Å². The molecule has 2 aromatic rings. The molecule has 2 N–H and O–H groups in total. The van der Waals surface area contributed by atoms with Crippen molar-refractivity contribution in [2.24, 2.45) is 10.9 Å². The van der Waals surface area contributed by atoms with E-state index in [-0.39, 0.29) is 6.10 Å². The Kier molecular flexibility index (Phi) is 8.41.